The molecule has 0 aliphatic rings. The van der Waals surface area contributed by atoms with Crippen LogP contribution in [0.5, 0.6) is 11.5 Å². The Kier molecular flexibility index (Phi) is 7.18. The Hall–Kier alpha value is -4.19. The van der Waals surface area contributed by atoms with Gasteiger partial charge in [0.15, 0.2) is 11.5 Å². The van der Waals surface area contributed by atoms with Gasteiger partial charge in [-0.2, -0.15) is 5.10 Å². The van der Waals surface area contributed by atoms with Gasteiger partial charge in [-0.3, -0.25) is 4.79 Å². The first-order chi connectivity index (χ1) is 16.6. The van der Waals surface area contributed by atoms with Gasteiger partial charge in [0.25, 0.3) is 5.91 Å². The van der Waals surface area contributed by atoms with Gasteiger partial charge in [0, 0.05) is 10.9 Å². The fourth-order valence-electron chi connectivity index (χ4n) is 3.80. The molecule has 0 saturated carbocycles. The van der Waals surface area contributed by atoms with Gasteiger partial charge in [0.1, 0.15) is 0 Å². The molecule has 1 heterocycles. The lowest BCUT2D eigenvalue weighted by Crippen LogP contribution is -2.18. The minimum absolute atomic E-state index is 0.306. The van der Waals surface area contributed by atoms with Gasteiger partial charge in [-0.1, -0.05) is 55.8 Å². The fourth-order valence-corrected chi connectivity index (χ4v) is 3.80. The molecule has 172 valence electrons. The summed E-state index contributed by atoms with van der Waals surface area (Å²) in [5.41, 5.74) is 7.68. The van der Waals surface area contributed by atoms with Crippen LogP contribution in [-0.4, -0.2) is 31.3 Å². The first kappa shape index (κ1) is 23.0. The maximum Gasteiger partial charge on any atom is 0.272 e. The monoisotopic (exact) mass is 453 g/mol. The minimum atomic E-state index is -0.306. The fraction of sp³-hybridized carbons (Fsp3) is 0.179. The number of aromatic nitrogens is 1. The summed E-state index contributed by atoms with van der Waals surface area (Å²) in [5, 5.41) is 4.92. The van der Waals surface area contributed by atoms with Gasteiger partial charge >= 0.3 is 0 Å². The van der Waals surface area contributed by atoms with Crippen molar-refractivity contribution in [1.82, 2.24) is 10.4 Å². The van der Waals surface area contributed by atoms with Crippen LogP contribution in [0.4, 0.5) is 0 Å². The zero-order chi connectivity index (χ0) is 23.9. The number of methoxy groups -OCH3 is 2. The van der Waals surface area contributed by atoms with E-state index < -0.39 is 0 Å². The molecular weight excluding hydrogens is 426 g/mol. The molecular formula is C28H27N3O3. The van der Waals surface area contributed by atoms with E-state index in [2.05, 4.69) is 41.7 Å². The van der Waals surface area contributed by atoms with Crippen molar-refractivity contribution in [1.29, 1.82) is 0 Å². The maximum absolute atomic E-state index is 13.1. The number of rotatable bonds is 8. The van der Waals surface area contributed by atoms with Crippen molar-refractivity contribution in [2.24, 2.45) is 5.10 Å². The Bertz CT molecular complexity index is 1330. The number of ether oxygens (including phenoxy) is 2. The Morgan fingerprint density at radius 1 is 0.971 bits per heavy atom. The van der Waals surface area contributed by atoms with Crippen LogP contribution in [0.15, 0.2) is 77.9 Å². The van der Waals surface area contributed by atoms with Crippen LogP contribution >= 0.6 is 0 Å². The number of pyridine rings is 1. The molecule has 0 unspecified atom stereocenters. The molecule has 1 N–H and O–H groups in total. The lowest BCUT2D eigenvalue weighted by atomic mass is 10.0. The maximum atomic E-state index is 13.1. The van der Waals surface area contributed by atoms with Crippen molar-refractivity contribution in [3.05, 3.63) is 89.5 Å². The molecule has 1 aromatic heterocycles. The smallest absolute Gasteiger partial charge is 0.272 e. The molecule has 0 bridgehead atoms. The number of benzene rings is 3. The van der Waals surface area contributed by atoms with Crippen LogP contribution in [0, 0.1) is 0 Å². The second-order valence-electron chi connectivity index (χ2n) is 7.83. The Labute approximate surface area is 199 Å². The first-order valence-corrected chi connectivity index (χ1v) is 11.2. The van der Waals surface area contributed by atoms with Crippen molar-refractivity contribution in [2.45, 2.75) is 19.8 Å². The highest BCUT2D eigenvalue weighted by molar-refractivity contribution is 6.07. The number of carbonyl (C=O) groups is 1. The van der Waals surface area contributed by atoms with Crippen molar-refractivity contribution >= 4 is 23.0 Å². The summed E-state index contributed by atoms with van der Waals surface area (Å²) >= 11 is 0. The standard InChI is InChI=1S/C28H27N3O3/c1-4-7-19-10-13-21(14-11-19)25-17-23(22-8-5-6-9-24(22)30-25)28(32)31-29-18-20-12-15-26(33-2)27(16-20)34-3/h5-6,8-18H,4,7H2,1-3H3,(H,31,32)/b29-18+. The molecule has 0 spiro atoms. The predicted octanol–water partition coefficient (Wildman–Crippen LogP) is 5.64. The van der Waals surface area contributed by atoms with E-state index in [1.54, 1.807) is 32.6 Å². The minimum Gasteiger partial charge on any atom is -0.493 e. The van der Waals surface area contributed by atoms with Crippen molar-refractivity contribution in [3.8, 4) is 22.8 Å². The van der Waals surface area contributed by atoms with Crippen molar-refractivity contribution in [2.75, 3.05) is 14.2 Å². The van der Waals surface area contributed by atoms with E-state index >= 15 is 0 Å². The predicted molar refractivity (Wildman–Crippen MR) is 136 cm³/mol. The number of hydrazone groups is 1. The van der Waals surface area contributed by atoms with Crippen molar-refractivity contribution < 1.29 is 14.3 Å². The van der Waals surface area contributed by atoms with Crippen LogP contribution in [0.25, 0.3) is 22.2 Å². The summed E-state index contributed by atoms with van der Waals surface area (Å²) in [6.45, 7) is 2.16. The Balaban J connectivity index is 1.61. The zero-order valence-electron chi connectivity index (χ0n) is 19.5. The van der Waals surface area contributed by atoms with Gasteiger partial charge in [-0.05, 0) is 47.9 Å². The molecule has 0 atom stereocenters. The van der Waals surface area contributed by atoms with Gasteiger partial charge in [-0.25, -0.2) is 10.4 Å². The van der Waals surface area contributed by atoms with Crippen LogP contribution in [-0.2, 0) is 6.42 Å². The van der Waals surface area contributed by atoms with Gasteiger partial charge in [0.05, 0.1) is 37.2 Å². The van der Waals surface area contributed by atoms with E-state index in [0.717, 1.165) is 40.6 Å². The molecule has 0 aliphatic heterocycles. The van der Waals surface area contributed by atoms with E-state index in [0.29, 0.717) is 17.1 Å². The van der Waals surface area contributed by atoms with Gasteiger partial charge in [-0.15, -0.1) is 0 Å². The Morgan fingerprint density at radius 3 is 2.47 bits per heavy atom. The highest BCUT2D eigenvalue weighted by atomic mass is 16.5. The summed E-state index contributed by atoms with van der Waals surface area (Å²) in [5.74, 6) is 0.911. The lowest BCUT2D eigenvalue weighted by Gasteiger charge is -2.10. The summed E-state index contributed by atoms with van der Waals surface area (Å²) in [7, 11) is 3.16. The third-order valence-corrected chi connectivity index (χ3v) is 5.54. The molecule has 0 saturated heterocycles. The topological polar surface area (TPSA) is 72.8 Å². The number of hydrogen-bond acceptors (Lipinski definition) is 5. The number of amides is 1. The SMILES string of the molecule is CCCc1ccc(-c2cc(C(=O)N/N=C/c3ccc(OC)c(OC)c3)c3ccccc3n2)cc1. The van der Waals surface area contributed by atoms with Gasteiger partial charge in [0.2, 0.25) is 0 Å². The number of carbonyl (C=O) groups excluding carboxylic acids is 1. The summed E-state index contributed by atoms with van der Waals surface area (Å²) in [6, 6.07) is 23.2. The first-order valence-electron chi connectivity index (χ1n) is 11.2. The highest BCUT2D eigenvalue weighted by Crippen LogP contribution is 2.27. The lowest BCUT2D eigenvalue weighted by molar-refractivity contribution is 0.0956. The summed E-state index contributed by atoms with van der Waals surface area (Å²) < 4.78 is 10.6. The molecule has 0 fully saturated rings. The molecule has 3 aromatic carbocycles. The Morgan fingerprint density at radius 2 is 1.74 bits per heavy atom. The number of aryl methyl sites for hydroxylation is 1. The third-order valence-electron chi connectivity index (χ3n) is 5.54. The average molecular weight is 454 g/mol. The van der Waals surface area contributed by atoms with E-state index in [1.165, 1.54) is 5.56 Å². The average Bonchev–Trinajstić information content (AvgIpc) is 2.88. The molecule has 0 aliphatic carbocycles. The molecule has 0 radical (unpaired) electrons. The van der Waals surface area contributed by atoms with E-state index in [4.69, 9.17) is 14.5 Å². The van der Waals surface area contributed by atoms with Crippen LogP contribution in [0.2, 0.25) is 0 Å². The molecule has 6 nitrogen and oxygen atoms in total. The number of nitrogens with one attached hydrogen (secondary N) is 1. The van der Waals surface area contributed by atoms with Crippen LogP contribution < -0.4 is 14.9 Å². The molecule has 6 heteroatoms. The van der Waals surface area contributed by atoms with Gasteiger partial charge < -0.3 is 9.47 Å². The largest absolute Gasteiger partial charge is 0.493 e. The van der Waals surface area contributed by atoms with Crippen LogP contribution in [0.1, 0.15) is 34.8 Å². The second-order valence-corrected chi connectivity index (χ2v) is 7.83. The molecule has 34 heavy (non-hydrogen) atoms. The van der Waals surface area contributed by atoms with Crippen molar-refractivity contribution in [3.63, 3.8) is 0 Å². The molecule has 4 rings (SSSR count). The number of nitrogens with zero attached hydrogens (tertiary/aromatic N) is 2. The van der Waals surface area contributed by atoms with E-state index in [-0.39, 0.29) is 5.91 Å². The summed E-state index contributed by atoms with van der Waals surface area (Å²) in [6.07, 6.45) is 3.70. The molecule has 1 amide bonds. The molecule has 4 aromatic rings. The number of fused-ring (bicyclic) bond motifs is 1. The zero-order valence-corrected chi connectivity index (χ0v) is 19.5. The van der Waals surface area contributed by atoms with E-state index in [9.17, 15) is 4.79 Å². The quantitative estimate of drug-likeness (QED) is 0.277. The normalized spacial score (nSPS) is 11.0. The third kappa shape index (κ3) is 5.07. The number of para-hydroxylation sites is 1. The highest BCUT2D eigenvalue weighted by Gasteiger charge is 2.14. The number of hydrogen-bond donors (Lipinski definition) is 1. The second kappa shape index (κ2) is 10.6. The van der Waals surface area contributed by atoms with E-state index in [1.807, 2.05) is 36.4 Å². The summed E-state index contributed by atoms with van der Waals surface area (Å²) in [4.78, 5) is 17.9. The van der Waals surface area contributed by atoms with Crippen LogP contribution in [0.3, 0.4) is 0 Å².